The fourth-order valence-electron chi connectivity index (χ4n) is 5.11. The summed E-state index contributed by atoms with van der Waals surface area (Å²) in [5, 5.41) is 16.7. The number of benzene rings is 1. The van der Waals surface area contributed by atoms with Gasteiger partial charge in [0.05, 0.1) is 17.9 Å². The Labute approximate surface area is 238 Å². The van der Waals surface area contributed by atoms with Crippen LogP contribution in [0.15, 0.2) is 23.8 Å². The first-order valence-electron chi connectivity index (χ1n) is 13.8. The molecule has 1 aromatic carbocycles. The van der Waals surface area contributed by atoms with Crippen molar-refractivity contribution in [3.05, 3.63) is 50.9 Å². The lowest BCUT2D eigenvalue weighted by atomic mass is 9.91. The lowest BCUT2D eigenvalue weighted by Gasteiger charge is -2.33. The Bertz CT molecular complexity index is 1410. The summed E-state index contributed by atoms with van der Waals surface area (Å²) in [6, 6.07) is 8.45. The van der Waals surface area contributed by atoms with Crippen LogP contribution in [0.5, 0.6) is 0 Å². The molecule has 10 heteroatoms. The van der Waals surface area contributed by atoms with E-state index in [0.29, 0.717) is 22.0 Å². The normalized spacial score (nSPS) is 16.2. The number of allylic oxidation sites excluding steroid dienone is 1. The topological polar surface area (TPSA) is 76.9 Å². The molecule has 1 aliphatic heterocycles. The monoisotopic (exact) mass is 570 g/mol. The minimum absolute atomic E-state index is 0.163. The molecule has 2 N–H and O–H groups in total. The molecule has 1 atom stereocenters. The van der Waals surface area contributed by atoms with E-state index in [9.17, 15) is 18.4 Å². The van der Waals surface area contributed by atoms with Crippen molar-refractivity contribution in [1.29, 1.82) is 5.26 Å². The molecule has 2 aromatic heterocycles. The van der Waals surface area contributed by atoms with Crippen LogP contribution in [0.4, 0.5) is 24.9 Å². The molecule has 0 radical (unpaired) electrons. The van der Waals surface area contributed by atoms with Crippen LogP contribution in [0.3, 0.4) is 0 Å². The molecule has 1 saturated heterocycles. The molecule has 1 unspecified atom stereocenters. The van der Waals surface area contributed by atoms with Gasteiger partial charge in [-0.15, -0.1) is 11.3 Å². The number of hydrogen-bond donors (Lipinski definition) is 2. The summed E-state index contributed by atoms with van der Waals surface area (Å²) in [5.41, 5.74) is 5.60. The number of nitrogens with zero attached hydrogens (tertiary/aromatic N) is 4. The maximum Gasteiger partial charge on any atom is 0.393 e. The van der Waals surface area contributed by atoms with E-state index >= 15 is 0 Å². The number of aryl methyl sites for hydroxylation is 1. The summed E-state index contributed by atoms with van der Waals surface area (Å²) in [6.07, 6.45) is -0.455. The largest absolute Gasteiger partial charge is 0.393 e. The fraction of sp³-hybridized carbons (Fsp3) is 0.500. The highest BCUT2D eigenvalue weighted by Gasteiger charge is 2.29. The first-order valence-corrected chi connectivity index (χ1v) is 14.6. The molecular formula is C30H37F3N6S. The number of nitrogens with one attached hydrogen (secondary N) is 2. The number of likely N-dealkylation sites (tertiary alicyclic amines) is 1. The summed E-state index contributed by atoms with van der Waals surface area (Å²) in [6.45, 7) is 11.0. The highest BCUT2D eigenvalue weighted by molar-refractivity contribution is 7.18. The minimum atomic E-state index is -4.26. The van der Waals surface area contributed by atoms with Gasteiger partial charge in [-0.05, 0) is 73.4 Å². The van der Waals surface area contributed by atoms with E-state index in [-0.39, 0.29) is 16.8 Å². The first kappa shape index (κ1) is 29.8. The third kappa shape index (κ3) is 7.12. The molecule has 1 aliphatic rings. The zero-order chi connectivity index (χ0) is 29.0. The molecule has 0 aliphatic carbocycles. The van der Waals surface area contributed by atoms with Crippen molar-refractivity contribution >= 4 is 39.4 Å². The van der Waals surface area contributed by atoms with Crippen LogP contribution in [0.25, 0.3) is 16.3 Å². The number of halogens is 3. The van der Waals surface area contributed by atoms with Gasteiger partial charge in [0.15, 0.2) is 0 Å². The molecule has 1 fully saturated rings. The fourth-order valence-corrected chi connectivity index (χ4v) is 6.17. The van der Waals surface area contributed by atoms with Gasteiger partial charge in [-0.1, -0.05) is 26.0 Å². The van der Waals surface area contributed by atoms with Gasteiger partial charge in [0.2, 0.25) is 5.95 Å². The van der Waals surface area contributed by atoms with Gasteiger partial charge in [-0.3, -0.25) is 4.90 Å². The molecule has 6 nitrogen and oxygen atoms in total. The number of fused-ring (bicyclic) bond motifs is 1. The molecule has 4 rings (SSSR count). The standard InChI is InChI=1S/C30H37F3N6S/c1-6-18(2)22(16-34)13-25-19(3)7-8-21(20(25)4)17-39-11-9-23(10-12-39)36-27-26-14-24(15-30(31,32)33)40-28(26)38-29(35-5)37-27/h7-8,13-14,18,23H,6,9-12,15,17H2,1-5H3,(H2,35,36,37,38)/b22-13-. The number of anilines is 2. The van der Waals surface area contributed by atoms with E-state index in [0.717, 1.165) is 61.4 Å². The Kier molecular flexibility index (Phi) is 9.37. The Morgan fingerprint density at radius 2 is 1.98 bits per heavy atom. The minimum Gasteiger partial charge on any atom is -0.367 e. The maximum atomic E-state index is 13.0. The molecule has 3 heterocycles. The number of aromatic nitrogens is 2. The Balaban J connectivity index is 1.45. The Hall–Kier alpha value is -3.16. The molecule has 40 heavy (non-hydrogen) atoms. The Morgan fingerprint density at radius 3 is 2.60 bits per heavy atom. The second-order valence-electron chi connectivity index (χ2n) is 10.7. The molecule has 0 spiro atoms. The third-order valence-corrected chi connectivity index (χ3v) is 8.81. The number of rotatable bonds is 9. The summed E-state index contributed by atoms with van der Waals surface area (Å²) >= 11 is 1.06. The van der Waals surface area contributed by atoms with E-state index in [1.807, 2.05) is 0 Å². The number of alkyl halides is 3. The highest BCUT2D eigenvalue weighted by atomic mass is 32.1. The smallest absolute Gasteiger partial charge is 0.367 e. The van der Waals surface area contributed by atoms with Crippen molar-refractivity contribution in [2.24, 2.45) is 5.92 Å². The van der Waals surface area contributed by atoms with Crippen LogP contribution < -0.4 is 10.6 Å². The van der Waals surface area contributed by atoms with Crippen LogP contribution in [0, 0.1) is 31.1 Å². The molecule has 0 bridgehead atoms. The van der Waals surface area contributed by atoms with Gasteiger partial charge in [-0.25, -0.2) is 4.98 Å². The van der Waals surface area contributed by atoms with E-state index in [2.05, 4.69) is 77.5 Å². The van der Waals surface area contributed by atoms with Crippen molar-refractivity contribution in [2.75, 3.05) is 30.8 Å². The van der Waals surface area contributed by atoms with Crippen LogP contribution in [-0.4, -0.2) is 47.2 Å². The summed E-state index contributed by atoms with van der Waals surface area (Å²) < 4.78 is 39.0. The van der Waals surface area contributed by atoms with Crippen molar-refractivity contribution < 1.29 is 13.2 Å². The van der Waals surface area contributed by atoms with Gasteiger partial charge in [-0.2, -0.15) is 23.4 Å². The molecule has 3 aromatic rings. The number of nitriles is 1. The SMILES string of the molecule is CCC(C)/C(C#N)=C\c1c(C)ccc(CN2CCC(Nc3nc(NC)nc4sc(CC(F)(F)F)cc34)CC2)c1C. The number of hydrogen-bond acceptors (Lipinski definition) is 7. The lowest BCUT2D eigenvalue weighted by Crippen LogP contribution is -2.39. The van der Waals surface area contributed by atoms with E-state index < -0.39 is 12.6 Å². The molecule has 0 saturated carbocycles. The van der Waals surface area contributed by atoms with Gasteiger partial charge in [0.25, 0.3) is 0 Å². The van der Waals surface area contributed by atoms with Crippen LogP contribution in [-0.2, 0) is 13.0 Å². The first-order chi connectivity index (χ1) is 19.0. The zero-order valence-electron chi connectivity index (χ0n) is 23.7. The Morgan fingerprint density at radius 1 is 1.25 bits per heavy atom. The number of thiophene rings is 1. The van der Waals surface area contributed by atoms with Gasteiger partial charge in [0.1, 0.15) is 10.6 Å². The quantitative estimate of drug-likeness (QED) is 0.260. The van der Waals surface area contributed by atoms with E-state index in [4.69, 9.17) is 0 Å². The van der Waals surface area contributed by atoms with Gasteiger partial charge < -0.3 is 10.6 Å². The van der Waals surface area contributed by atoms with Crippen molar-refractivity contribution in [2.45, 2.75) is 72.1 Å². The maximum absolute atomic E-state index is 13.0. The summed E-state index contributed by atoms with van der Waals surface area (Å²) in [7, 11) is 1.70. The summed E-state index contributed by atoms with van der Waals surface area (Å²) in [4.78, 5) is 12.1. The van der Waals surface area contributed by atoms with Crippen molar-refractivity contribution in [3.63, 3.8) is 0 Å². The molecule has 0 amide bonds. The molecular weight excluding hydrogens is 533 g/mol. The van der Waals surface area contributed by atoms with Gasteiger partial charge >= 0.3 is 6.18 Å². The predicted molar refractivity (Wildman–Crippen MR) is 158 cm³/mol. The van der Waals surface area contributed by atoms with E-state index in [1.165, 1.54) is 16.7 Å². The van der Waals surface area contributed by atoms with Crippen LogP contribution >= 0.6 is 11.3 Å². The number of piperidine rings is 1. The highest BCUT2D eigenvalue weighted by Crippen LogP contribution is 2.34. The molecule has 214 valence electrons. The average Bonchev–Trinajstić information content (AvgIpc) is 3.32. The average molecular weight is 571 g/mol. The second kappa shape index (κ2) is 12.6. The van der Waals surface area contributed by atoms with Crippen molar-refractivity contribution in [3.8, 4) is 6.07 Å². The van der Waals surface area contributed by atoms with Crippen LogP contribution in [0.2, 0.25) is 0 Å². The third-order valence-electron chi connectivity index (χ3n) is 7.78. The van der Waals surface area contributed by atoms with Crippen molar-refractivity contribution in [1.82, 2.24) is 14.9 Å². The second-order valence-corrected chi connectivity index (χ2v) is 11.8. The predicted octanol–water partition coefficient (Wildman–Crippen LogP) is 7.48. The van der Waals surface area contributed by atoms with Crippen LogP contribution in [0.1, 0.15) is 60.2 Å². The lowest BCUT2D eigenvalue weighted by molar-refractivity contribution is -0.126. The zero-order valence-corrected chi connectivity index (χ0v) is 24.6. The summed E-state index contributed by atoms with van der Waals surface area (Å²) in [5.74, 6) is 1.20. The van der Waals surface area contributed by atoms with E-state index in [1.54, 1.807) is 13.1 Å². The van der Waals surface area contributed by atoms with Gasteiger partial charge in [0, 0.05) is 43.2 Å².